The van der Waals surface area contributed by atoms with Crippen LogP contribution in [-0.2, 0) is 0 Å². The van der Waals surface area contributed by atoms with Gasteiger partial charge in [0.25, 0.3) is 0 Å². The summed E-state index contributed by atoms with van der Waals surface area (Å²) in [4.78, 5) is 5.12. The molecule has 0 N–H and O–H groups in total. The molecule has 2 nitrogen and oxygen atoms in total. The van der Waals surface area contributed by atoms with Crippen LogP contribution in [-0.4, -0.2) is 48.6 Å². The Balaban J connectivity index is 1.77. The zero-order chi connectivity index (χ0) is 10.9. The van der Waals surface area contributed by atoms with Gasteiger partial charge in [-0.15, -0.1) is 6.58 Å². The summed E-state index contributed by atoms with van der Waals surface area (Å²) in [6, 6.07) is 0.738. The molecule has 0 bridgehead atoms. The van der Waals surface area contributed by atoms with Crippen molar-refractivity contribution in [2.45, 2.75) is 32.7 Å². The number of rotatable bonds is 3. The molecule has 2 rings (SSSR count). The molecule has 0 aliphatic carbocycles. The van der Waals surface area contributed by atoms with Crippen molar-refractivity contribution in [2.24, 2.45) is 5.41 Å². The van der Waals surface area contributed by atoms with Gasteiger partial charge in [-0.3, -0.25) is 9.80 Å². The lowest BCUT2D eigenvalue weighted by Gasteiger charge is -2.55. The van der Waals surface area contributed by atoms with Crippen LogP contribution in [0.5, 0.6) is 0 Å². The van der Waals surface area contributed by atoms with Gasteiger partial charge >= 0.3 is 0 Å². The Morgan fingerprint density at radius 1 is 1.27 bits per heavy atom. The molecule has 2 aliphatic heterocycles. The van der Waals surface area contributed by atoms with Gasteiger partial charge in [0, 0.05) is 25.7 Å². The Labute approximate surface area is 93.9 Å². The molecule has 0 aromatic carbocycles. The standard InChI is InChI=1S/C13H24N2/c1-4-7-14-8-5-13(6-9-14)10-15(11-13)12(2)3/h4,12H,1,5-11H2,2-3H3. The molecule has 2 fully saturated rings. The fraction of sp³-hybridized carbons (Fsp3) is 0.846. The highest BCUT2D eigenvalue weighted by molar-refractivity contribution is 4.99. The molecule has 2 saturated heterocycles. The predicted octanol–water partition coefficient (Wildman–Crippen LogP) is 1.98. The molecule has 2 heteroatoms. The molecule has 0 aromatic rings. The highest BCUT2D eigenvalue weighted by Gasteiger charge is 2.44. The van der Waals surface area contributed by atoms with E-state index in [2.05, 4.69) is 30.2 Å². The summed E-state index contributed by atoms with van der Waals surface area (Å²) in [5.74, 6) is 0. The molecule has 1 spiro atoms. The zero-order valence-corrected chi connectivity index (χ0v) is 10.2. The van der Waals surface area contributed by atoms with Crippen molar-refractivity contribution in [1.82, 2.24) is 9.80 Å². The molecule has 2 heterocycles. The van der Waals surface area contributed by atoms with E-state index in [0.717, 1.165) is 12.6 Å². The molecule has 15 heavy (non-hydrogen) atoms. The van der Waals surface area contributed by atoms with Gasteiger partial charge in [-0.2, -0.15) is 0 Å². The van der Waals surface area contributed by atoms with Gasteiger partial charge in [0.1, 0.15) is 0 Å². The summed E-state index contributed by atoms with van der Waals surface area (Å²) in [6.45, 7) is 14.7. The average Bonchev–Trinajstić information content (AvgIpc) is 2.16. The smallest absolute Gasteiger partial charge is 0.0160 e. The normalized spacial score (nSPS) is 26.9. The molecule has 0 unspecified atom stereocenters. The van der Waals surface area contributed by atoms with Crippen molar-refractivity contribution in [1.29, 1.82) is 0 Å². The van der Waals surface area contributed by atoms with Crippen LogP contribution in [0.15, 0.2) is 12.7 Å². The van der Waals surface area contributed by atoms with Gasteiger partial charge < -0.3 is 0 Å². The molecular formula is C13H24N2. The number of hydrogen-bond donors (Lipinski definition) is 0. The van der Waals surface area contributed by atoms with Crippen molar-refractivity contribution in [3.8, 4) is 0 Å². The van der Waals surface area contributed by atoms with Crippen LogP contribution in [0.3, 0.4) is 0 Å². The minimum Gasteiger partial charge on any atom is -0.300 e. The molecule has 0 radical (unpaired) electrons. The van der Waals surface area contributed by atoms with Crippen LogP contribution >= 0.6 is 0 Å². The van der Waals surface area contributed by atoms with Gasteiger partial charge in [-0.1, -0.05) is 6.08 Å². The first-order valence-electron chi connectivity index (χ1n) is 6.22. The second-order valence-corrected chi connectivity index (χ2v) is 5.59. The largest absolute Gasteiger partial charge is 0.300 e. The molecule has 2 aliphatic rings. The SMILES string of the molecule is C=CCN1CCC2(CC1)CN(C(C)C)C2. The second kappa shape index (κ2) is 4.26. The highest BCUT2D eigenvalue weighted by atomic mass is 15.2. The third kappa shape index (κ3) is 2.26. The average molecular weight is 208 g/mol. The minimum absolute atomic E-state index is 0.682. The Bertz CT molecular complexity index is 219. The van der Waals surface area contributed by atoms with Gasteiger partial charge in [0.15, 0.2) is 0 Å². The molecular weight excluding hydrogens is 184 g/mol. The third-order valence-electron chi connectivity index (χ3n) is 4.11. The van der Waals surface area contributed by atoms with Crippen molar-refractivity contribution in [2.75, 3.05) is 32.7 Å². The van der Waals surface area contributed by atoms with Gasteiger partial charge in [-0.25, -0.2) is 0 Å². The van der Waals surface area contributed by atoms with Crippen molar-refractivity contribution in [3.05, 3.63) is 12.7 Å². The van der Waals surface area contributed by atoms with Crippen LogP contribution in [0, 0.1) is 5.41 Å². The molecule has 0 amide bonds. The van der Waals surface area contributed by atoms with Crippen LogP contribution in [0.1, 0.15) is 26.7 Å². The lowest BCUT2D eigenvalue weighted by atomic mass is 9.71. The van der Waals surface area contributed by atoms with E-state index in [0.29, 0.717) is 5.41 Å². The van der Waals surface area contributed by atoms with Gasteiger partial charge in [0.05, 0.1) is 0 Å². The molecule has 0 atom stereocenters. The first kappa shape index (κ1) is 11.2. The monoisotopic (exact) mass is 208 g/mol. The molecule has 0 aromatic heterocycles. The molecule has 86 valence electrons. The maximum Gasteiger partial charge on any atom is 0.0160 e. The first-order valence-corrected chi connectivity index (χ1v) is 6.22. The van der Waals surface area contributed by atoms with E-state index in [9.17, 15) is 0 Å². The van der Waals surface area contributed by atoms with E-state index in [1.807, 2.05) is 6.08 Å². The number of likely N-dealkylation sites (tertiary alicyclic amines) is 2. The van der Waals surface area contributed by atoms with Crippen LogP contribution in [0.25, 0.3) is 0 Å². The first-order chi connectivity index (χ1) is 7.15. The Morgan fingerprint density at radius 2 is 1.87 bits per heavy atom. The third-order valence-corrected chi connectivity index (χ3v) is 4.11. The van der Waals surface area contributed by atoms with Crippen molar-refractivity contribution < 1.29 is 0 Å². The summed E-state index contributed by atoms with van der Waals surface area (Å²) in [5, 5.41) is 0. The summed E-state index contributed by atoms with van der Waals surface area (Å²) >= 11 is 0. The van der Waals surface area contributed by atoms with Gasteiger partial charge in [-0.05, 0) is 45.2 Å². The van der Waals surface area contributed by atoms with E-state index in [1.54, 1.807) is 0 Å². The Kier molecular flexibility index (Phi) is 3.17. The van der Waals surface area contributed by atoms with E-state index in [-0.39, 0.29) is 0 Å². The van der Waals surface area contributed by atoms with Crippen LogP contribution in [0.2, 0.25) is 0 Å². The highest BCUT2D eigenvalue weighted by Crippen LogP contribution is 2.41. The number of nitrogens with zero attached hydrogens (tertiary/aromatic N) is 2. The fourth-order valence-electron chi connectivity index (χ4n) is 2.89. The summed E-state index contributed by atoms with van der Waals surface area (Å²) in [6.07, 6.45) is 4.81. The quantitative estimate of drug-likeness (QED) is 0.654. The summed E-state index contributed by atoms with van der Waals surface area (Å²) < 4.78 is 0. The number of piperidine rings is 1. The summed E-state index contributed by atoms with van der Waals surface area (Å²) in [5.41, 5.74) is 0.682. The topological polar surface area (TPSA) is 6.48 Å². The predicted molar refractivity (Wildman–Crippen MR) is 65.0 cm³/mol. The van der Waals surface area contributed by atoms with E-state index in [1.165, 1.54) is 39.0 Å². The number of hydrogen-bond acceptors (Lipinski definition) is 2. The van der Waals surface area contributed by atoms with Crippen molar-refractivity contribution in [3.63, 3.8) is 0 Å². The fourth-order valence-corrected chi connectivity index (χ4v) is 2.89. The second-order valence-electron chi connectivity index (χ2n) is 5.59. The minimum atomic E-state index is 0.682. The van der Waals surface area contributed by atoms with Crippen molar-refractivity contribution >= 4 is 0 Å². The zero-order valence-electron chi connectivity index (χ0n) is 10.2. The van der Waals surface area contributed by atoms with Crippen LogP contribution in [0.4, 0.5) is 0 Å². The van der Waals surface area contributed by atoms with Gasteiger partial charge in [0.2, 0.25) is 0 Å². The molecule has 0 saturated carbocycles. The Hall–Kier alpha value is -0.340. The maximum atomic E-state index is 3.81. The maximum absolute atomic E-state index is 3.81. The Morgan fingerprint density at radius 3 is 2.33 bits per heavy atom. The van der Waals surface area contributed by atoms with Crippen LogP contribution < -0.4 is 0 Å². The lowest BCUT2D eigenvalue weighted by molar-refractivity contribution is -0.0606. The summed E-state index contributed by atoms with van der Waals surface area (Å²) in [7, 11) is 0. The lowest BCUT2D eigenvalue weighted by Crippen LogP contribution is -2.61. The van der Waals surface area contributed by atoms with E-state index < -0.39 is 0 Å². The van der Waals surface area contributed by atoms with E-state index in [4.69, 9.17) is 0 Å². The van der Waals surface area contributed by atoms with E-state index >= 15 is 0 Å².